The lowest BCUT2D eigenvalue weighted by molar-refractivity contribution is -0.138. The number of methoxy groups -OCH3 is 1. The minimum atomic E-state index is -0.887. The lowest BCUT2D eigenvalue weighted by Gasteiger charge is -2.34. The van der Waals surface area contributed by atoms with Gasteiger partial charge >= 0.3 is 5.97 Å². The van der Waals surface area contributed by atoms with E-state index in [0.29, 0.717) is 41.9 Å². The number of nitrogens with zero attached hydrogens (tertiary/aromatic N) is 1. The largest absolute Gasteiger partial charge is 0.493 e. The third-order valence-corrected chi connectivity index (χ3v) is 5.35. The van der Waals surface area contributed by atoms with Crippen molar-refractivity contribution in [3.63, 3.8) is 0 Å². The quantitative estimate of drug-likeness (QED) is 0.745. The number of carbonyl (C=O) groups is 2. The summed E-state index contributed by atoms with van der Waals surface area (Å²) in [6, 6.07) is 4.85. The molecule has 1 amide bonds. The van der Waals surface area contributed by atoms with Crippen LogP contribution in [0.2, 0.25) is 0 Å². The molecule has 0 saturated carbocycles. The van der Waals surface area contributed by atoms with Gasteiger partial charge in [0.05, 0.1) is 26.2 Å². The Kier molecular flexibility index (Phi) is 7.63. The van der Waals surface area contributed by atoms with Crippen LogP contribution in [0.15, 0.2) is 18.2 Å². The number of carboxylic acids is 1. The third-order valence-electron chi connectivity index (χ3n) is 4.26. The lowest BCUT2D eigenvalue weighted by atomic mass is 10.1. The Balaban J connectivity index is 2.13. The number of amides is 1. The van der Waals surface area contributed by atoms with Crippen LogP contribution < -0.4 is 9.47 Å². The van der Waals surface area contributed by atoms with Gasteiger partial charge in [0.15, 0.2) is 11.5 Å². The maximum absolute atomic E-state index is 12.9. The van der Waals surface area contributed by atoms with Crippen molar-refractivity contribution in [1.29, 1.82) is 0 Å². The molecule has 2 rings (SSSR count). The van der Waals surface area contributed by atoms with Crippen LogP contribution in [0.25, 0.3) is 0 Å². The van der Waals surface area contributed by atoms with Crippen molar-refractivity contribution in [2.75, 3.05) is 31.8 Å². The molecule has 1 N–H and O–H groups in total. The molecule has 0 spiro atoms. The van der Waals surface area contributed by atoms with Gasteiger partial charge in [-0.05, 0) is 30.5 Å². The van der Waals surface area contributed by atoms with Crippen molar-refractivity contribution in [3.8, 4) is 11.5 Å². The Morgan fingerprint density at radius 1 is 1.35 bits per heavy atom. The van der Waals surface area contributed by atoms with Gasteiger partial charge in [0.1, 0.15) is 0 Å². The first-order valence-electron chi connectivity index (χ1n) is 8.83. The average molecular weight is 381 g/mol. The molecule has 1 aromatic carbocycles. The number of hydrogen-bond donors (Lipinski definition) is 1. The summed E-state index contributed by atoms with van der Waals surface area (Å²) in [7, 11) is 1.55. The molecule has 1 heterocycles. The molecule has 1 aliphatic heterocycles. The highest BCUT2D eigenvalue weighted by atomic mass is 32.2. The zero-order valence-electron chi connectivity index (χ0n) is 15.6. The number of rotatable bonds is 8. The molecule has 0 aromatic heterocycles. The van der Waals surface area contributed by atoms with Crippen LogP contribution in [0.5, 0.6) is 11.5 Å². The van der Waals surface area contributed by atoms with Crippen LogP contribution in [0.4, 0.5) is 0 Å². The Labute approximate surface area is 158 Å². The van der Waals surface area contributed by atoms with E-state index < -0.39 is 5.97 Å². The fourth-order valence-corrected chi connectivity index (χ4v) is 3.85. The number of carboxylic acid groups (broad SMARTS) is 1. The predicted molar refractivity (Wildman–Crippen MR) is 102 cm³/mol. The van der Waals surface area contributed by atoms with Gasteiger partial charge in [0.2, 0.25) is 0 Å². The van der Waals surface area contributed by atoms with Crippen LogP contribution in [0, 0.1) is 5.92 Å². The number of ether oxygens (including phenoxy) is 2. The summed E-state index contributed by atoms with van der Waals surface area (Å²) in [4.78, 5) is 25.6. The van der Waals surface area contributed by atoms with Gasteiger partial charge in [0, 0.05) is 23.6 Å². The molecule has 0 radical (unpaired) electrons. The Hall–Kier alpha value is -1.89. The first-order valence-corrected chi connectivity index (χ1v) is 9.99. The summed E-state index contributed by atoms with van der Waals surface area (Å²) in [6.45, 7) is 5.40. The average Bonchev–Trinajstić information content (AvgIpc) is 2.61. The van der Waals surface area contributed by atoms with E-state index in [9.17, 15) is 9.59 Å². The number of hydrogen-bond acceptors (Lipinski definition) is 5. The minimum Gasteiger partial charge on any atom is -0.493 e. The second-order valence-corrected chi connectivity index (χ2v) is 7.87. The van der Waals surface area contributed by atoms with E-state index in [1.165, 1.54) is 0 Å². The molecule has 0 bridgehead atoms. The summed E-state index contributed by atoms with van der Waals surface area (Å²) in [5.74, 6) is 2.08. The van der Waals surface area contributed by atoms with Crippen LogP contribution in [-0.2, 0) is 4.79 Å². The predicted octanol–water partition coefficient (Wildman–Crippen LogP) is 3.15. The van der Waals surface area contributed by atoms with Crippen molar-refractivity contribution >= 4 is 23.6 Å². The van der Waals surface area contributed by atoms with Gasteiger partial charge < -0.3 is 19.5 Å². The second-order valence-electron chi connectivity index (χ2n) is 6.72. The SMILES string of the molecule is COc1cc(C(=O)N2CCSCC2CC(=O)O)ccc1OCCC(C)C. The number of aliphatic carboxylic acids is 1. The maximum Gasteiger partial charge on any atom is 0.305 e. The van der Waals surface area contributed by atoms with Gasteiger partial charge in [-0.2, -0.15) is 11.8 Å². The number of benzene rings is 1. The van der Waals surface area contributed by atoms with Crippen molar-refractivity contribution in [2.24, 2.45) is 5.92 Å². The van der Waals surface area contributed by atoms with Gasteiger partial charge in [-0.25, -0.2) is 0 Å². The van der Waals surface area contributed by atoms with E-state index in [1.54, 1.807) is 42.0 Å². The fraction of sp³-hybridized carbons (Fsp3) is 0.579. The smallest absolute Gasteiger partial charge is 0.305 e. The van der Waals surface area contributed by atoms with E-state index in [0.717, 1.165) is 12.2 Å². The fourth-order valence-electron chi connectivity index (χ4n) is 2.78. The zero-order chi connectivity index (χ0) is 19.1. The molecule has 7 heteroatoms. The first-order chi connectivity index (χ1) is 12.4. The van der Waals surface area contributed by atoms with E-state index >= 15 is 0 Å². The monoisotopic (exact) mass is 381 g/mol. The summed E-state index contributed by atoms with van der Waals surface area (Å²) in [5.41, 5.74) is 0.486. The normalized spacial score (nSPS) is 17.2. The van der Waals surface area contributed by atoms with E-state index in [1.807, 2.05) is 0 Å². The number of carbonyl (C=O) groups excluding carboxylic acids is 1. The van der Waals surface area contributed by atoms with Crippen molar-refractivity contribution in [2.45, 2.75) is 32.7 Å². The molecule has 1 unspecified atom stereocenters. The number of thioether (sulfide) groups is 1. The van der Waals surface area contributed by atoms with E-state index in [4.69, 9.17) is 14.6 Å². The summed E-state index contributed by atoms with van der Waals surface area (Å²) >= 11 is 1.68. The Morgan fingerprint density at radius 3 is 2.77 bits per heavy atom. The van der Waals surface area contributed by atoms with Crippen LogP contribution >= 0.6 is 11.8 Å². The van der Waals surface area contributed by atoms with Gasteiger partial charge in [-0.1, -0.05) is 13.8 Å². The highest BCUT2D eigenvalue weighted by molar-refractivity contribution is 7.99. The van der Waals surface area contributed by atoms with E-state index in [2.05, 4.69) is 13.8 Å². The Morgan fingerprint density at radius 2 is 2.12 bits per heavy atom. The molecule has 1 atom stereocenters. The maximum atomic E-state index is 12.9. The van der Waals surface area contributed by atoms with Gasteiger partial charge in [-0.15, -0.1) is 0 Å². The molecule has 26 heavy (non-hydrogen) atoms. The van der Waals surface area contributed by atoms with Gasteiger partial charge in [0.25, 0.3) is 5.91 Å². The standard InChI is InChI=1S/C19H27NO5S/c1-13(2)6-8-25-16-5-4-14(10-17(16)24-3)19(23)20-7-9-26-12-15(20)11-18(21)22/h4-5,10,13,15H,6-9,11-12H2,1-3H3,(H,21,22). The summed E-state index contributed by atoms with van der Waals surface area (Å²) in [6.07, 6.45) is 0.901. The second kappa shape index (κ2) is 9.71. The summed E-state index contributed by atoms with van der Waals surface area (Å²) in [5, 5.41) is 9.09. The molecular weight excluding hydrogens is 354 g/mol. The van der Waals surface area contributed by atoms with E-state index in [-0.39, 0.29) is 18.4 Å². The van der Waals surface area contributed by atoms with Gasteiger partial charge in [-0.3, -0.25) is 9.59 Å². The van der Waals surface area contributed by atoms with Crippen LogP contribution in [-0.4, -0.2) is 59.7 Å². The molecule has 1 saturated heterocycles. The van der Waals surface area contributed by atoms with Crippen LogP contribution in [0.1, 0.15) is 37.0 Å². The molecule has 144 valence electrons. The molecular formula is C19H27NO5S. The topological polar surface area (TPSA) is 76.1 Å². The molecule has 6 nitrogen and oxygen atoms in total. The minimum absolute atomic E-state index is 0.0354. The zero-order valence-corrected chi connectivity index (χ0v) is 16.4. The van der Waals surface area contributed by atoms with Crippen LogP contribution in [0.3, 0.4) is 0 Å². The van der Waals surface area contributed by atoms with Crippen molar-refractivity contribution in [1.82, 2.24) is 4.90 Å². The van der Waals surface area contributed by atoms with Crippen molar-refractivity contribution in [3.05, 3.63) is 23.8 Å². The highest BCUT2D eigenvalue weighted by Crippen LogP contribution is 2.30. The highest BCUT2D eigenvalue weighted by Gasteiger charge is 2.30. The molecule has 1 fully saturated rings. The molecule has 1 aliphatic rings. The Bertz CT molecular complexity index is 634. The summed E-state index contributed by atoms with van der Waals surface area (Å²) < 4.78 is 11.1. The molecule has 0 aliphatic carbocycles. The van der Waals surface area contributed by atoms with Crippen molar-refractivity contribution < 1.29 is 24.2 Å². The third kappa shape index (κ3) is 5.56. The first kappa shape index (κ1) is 20.4. The molecule has 1 aromatic rings. The lowest BCUT2D eigenvalue weighted by Crippen LogP contribution is -2.47.